The Bertz CT molecular complexity index is 1040. The molecule has 0 saturated carbocycles. The molecular formula is C20H18N4O4S3. The molecule has 160 valence electrons. The third kappa shape index (κ3) is 8.04. The Hall–Kier alpha value is -2.89. The lowest BCUT2D eigenvalue weighted by Gasteiger charge is -2.06. The number of carbonyl (C=O) groups is 2. The van der Waals surface area contributed by atoms with E-state index >= 15 is 0 Å². The van der Waals surface area contributed by atoms with Crippen molar-refractivity contribution >= 4 is 53.0 Å². The minimum Gasteiger partial charge on any atom is -0.481 e. The number of aliphatic carboxylic acids is 1. The third-order valence-electron chi connectivity index (χ3n) is 3.58. The summed E-state index contributed by atoms with van der Waals surface area (Å²) in [5.74, 6) is -0.0413. The second-order valence-corrected chi connectivity index (χ2v) is 9.33. The molecule has 0 bridgehead atoms. The van der Waals surface area contributed by atoms with Gasteiger partial charge in [0.2, 0.25) is 0 Å². The van der Waals surface area contributed by atoms with E-state index in [0.29, 0.717) is 15.7 Å². The molecule has 1 aromatic heterocycles. The molecule has 8 nitrogen and oxygen atoms in total. The van der Waals surface area contributed by atoms with Gasteiger partial charge in [-0.25, -0.2) is 10.2 Å². The van der Waals surface area contributed by atoms with E-state index in [-0.39, 0.29) is 11.7 Å². The van der Waals surface area contributed by atoms with Crippen LogP contribution in [0.25, 0.3) is 0 Å². The van der Waals surface area contributed by atoms with Crippen LogP contribution < -0.4 is 10.2 Å². The first-order valence-electron chi connectivity index (χ1n) is 8.98. The molecular weight excluding hydrogens is 456 g/mol. The average Bonchev–Trinajstić information content (AvgIpc) is 3.24. The van der Waals surface area contributed by atoms with Crippen molar-refractivity contribution in [3.05, 3.63) is 65.7 Å². The number of aromatic nitrogens is 2. The van der Waals surface area contributed by atoms with Gasteiger partial charge in [0.15, 0.2) is 15.3 Å². The molecule has 1 heterocycles. The number of carbonyl (C=O) groups excluding carboxylic acids is 1. The van der Waals surface area contributed by atoms with Gasteiger partial charge in [-0.15, -0.1) is 10.2 Å². The highest BCUT2D eigenvalue weighted by Crippen LogP contribution is 2.30. The van der Waals surface area contributed by atoms with Crippen LogP contribution in [-0.2, 0) is 15.3 Å². The van der Waals surface area contributed by atoms with E-state index in [0.717, 1.165) is 10.1 Å². The van der Waals surface area contributed by atoms with Crippen molar-refractivity contribution in [2.75, 3.05) is 12.4 Å². The topological polar surface area (TPSA) is 114 Å². The average molecular weight is 475 g/mol. The number of thioether (sulfide) groups is 2. The second-order valence-electron chi connectivity index (χ2n) is 5.91. The zero-order valence-corrected chi connectivity index (χ0v) is 18.6. The highest BCUT2D eigenvalue weighted by molar-refractivity contribution is 8.03. The first-order valence-corrected chi connectivity index (χ1v) is 11.8. The van der Waals surface area contributed by atoms with Crippen molar-refractivity contribution in [1.82, 2.24) is 15.6 Å². The predicted molar refractivity (Wildman–Crippen MR) is 122 cm³/mol. The van der Waals surface area contributed by atoms with Crippen LogP contribution >= 0.6 is 34.9 Å². The highest BCUT2D eigenvalue weighted by atomic mass is 32.2. The Labute approximate surface area is 191 Å². The monoisotopic (exact) mass is 474 g/mol. The molecule has 0 atom stereocenters. The number of hydrazone groups is 1. The molecule has 0 radical (unpaired) electrons. The molecule has 2 N–H and O–H groups in total. The normalized spacial score (nSPS) is 10.8. The van der Waals surface area contributed by atoms with Gasteiger partial charge in [-0.3, -0.25) is 4.79 Å². The second kappa shape index (κ2) is 12.1. The Kier molecular flexibility index (Phi) is 8.88. The molecule has 0 saturated heterocycles. The number of nitrogens with one attached hydrogen (secondary N) is 1. The number of benzene rings is 2. The fourth-order valence-electron chi connectivity index (χ4n) is 2.22. The standard InChI is InChI=1S/C20H18N4O4S3/c25-17(22-21-10-15-8-4-5-9-16(15)28-11-18(26)27)13-30-20-24-23-19(31-20)29-12-14-6-2-1-3-7-14/h1-10H,11-13H2,(H,22,25)(H,26,27). The first kappa shape index (κ1) is 22.8. The van der Waals surface area contributed by atoms with Crippen LogP contribution in [0.15, 0.2) is 68.4 Å². The molecule has 0 unspecified atom stereocenters. The van der Waals surface area contributed by atoms with Crippen LogP contribution in [-0.4, -0.2) is 45.8 Å². The van der Waals surface area contributed by atoms with Crippen LogP contribution in [0.3, 0.4) is 0 Å². The predicted octanol–water partition coefficient (Wildman–Crippen LogP) is 3.54. The molecule has 0 aliphatic heterocycles. The Morgan fingerprint density at radius 1 is 1.06 bits per heavy atom. The van der Waals surface area contributed by atoms with Crippen molar-refractivity contribution in [1.29, 1.82) is 0 Å². The van der Waals surface area contributed by atoms with Crippen molar-refractivity contribution in [2.24, 2.45) is 5.10 Å². The van der Waals surface area contributed by atoms with E-state index in [4.69, 9.17) is 9.84 Å². The van der Waals surface area contributed by atoms with Crippen LogP contribution in [0.2, 0.25) is 0 Å². The largest absolute Gasteiger partial charge is 0.481 e. The van der Waals surface area contributed by atoms with Crippen molar-refractivity contribution < 1.29 is 19.4 Å². The molecule has 0 aliphatic rings. The summed E-state index contributed by atoms with van der Waals surface area (Å²) in [5.41, 5.74) is 4.20. The SMILES string of the molecule is O=C(O)COc1ccccc1C=NNC(=O)CSc1nnc(SCc2ccccc2)s1. The zero-order valence-electron chi connectivity index (χ0n) is 16.1. The maximum Gasteiger partial charge on any atom is 0.341 e. The van der Waals surface area contributed by atoms with Gasteiger partial charge in [0.25, 0.3) is 5.91 Å². The smallest absolute Gasteiger partial charge is 0.341 e. The number of para-hydroxylation sites is 1. The minimum atomic E-state index is -1.07. The van der Waals surface area contributed by atoms with Crippen molar-refractivity contribution in [2.45, 2.75) is 14.4 Å². The van der Waals surface area contributed by atoms with E-state index in [9.17, 15) is 9.59 Å². The van der Waals surface area contributed by atoms with E-state index in [2.05, 4.69) is 32.9 Å². The maximum atomic E-state index is 12.0. The summed E-state index contributed by atoms with van der Waals surface area (Å²) in [4.78, 5) is 22.7. The van der Waals surface area contributed by atoms with Gasteiger partial charge in [0, 0.05) is 11.3 Å². The van der Waals surface area contributed by atoms with Crippen LogP contribution in [0.1, 0.15) is 11.1 Å². The summed E-state index contributed by atoms with van der Waals surface area (Å²) < 4.78 is 6.75. The van der Waals surface area contributed by atoms with Gasteiger partial charge < -0.3 is 9.84 Å². The third-order valence-corrected chi connectivity index (χ3v) is 6.84. The number of hydrogen-bond acceptors (Lipinski definition) is 9. The zero-order chi connectivity index (χ0) is 21.9. The Balaban J connectivity index is 1.43. The molecule has 1 amide bonds. The van der Waals surface area contributed by atoms with Crippen molar-refractivity contribution in [3.63, 3.8) is 0 Å². The van der Waals surface area contributed by atoms with E-state index < -0.39 is 12.6 Å². The summed E-state index contributed by atoms with van der Waals surface area (Å²) in [6.45, 7) is -0.457. The molecule has 0 fully saturated rings. The summed E-state index contributed by atoms with van der Waals surface area (Å²) in [5, 5.41) is 20.9. The number of rotatable bonds is 11. The molecule has 31 heavy (non-hydrogen) atoms. The lowest BCUT2D eigenvalue weighted by atomic mass is 10.2. The number of carboxylic acids is 1. The molecule has 2 aromatic carbocycles. The summed E-state index contributed by atoms with van der Waals surface area (Å²) in [6.07, 6.45) is 1.41. The summed E-state index contributed by atoms with van der Waals surface area (Å²) in [6, 6.07) is 16.9. The number of amides is 1. The van der Waals surface area contributed by atoms with Crippen molar-refractivity contribution in [3.8, 4) is 5.75 Å². The minimum absolute atomic E-state index is 0.145. The summed E-state index contributed by atoms with van der Waals surface area (Å²) >= 11 is 4.34. The number of ether oxygens (including phenoxy) is 1. The fourth-order valence-corrected chi connectivity index (χ4v) is 4.99. The van der Waals surface area contributed by atoms with Gasteiger partial charge in [-0.1, -0.05) is 77.3 Å². The van der Waals surface area contributed by atoms with Gasteiger partial charge >= 0.3 is 5.97 Å². The Morgan fingerprint density at radius 2 is 1.77 bits per heavy atom. The molecule has 3 aromatic rings. The quantitative estimate of drug-likeness (QED) is 0.246. The number of hydrogen-bond donors (Lipinski definition) is 2. The lowest BCUT2D eigenvalue weighted by molar-refractivity contribution is -0.139. The molecule has 0 aliphatic carbocycles. The van der Waals surface area contributed by atoms with Gasteiger partial charge in [-0.05, 0) is 17.7 Å². The Morgan fingerprint density at radius 3 is 2.55 bits per heavy atom. The van der Waals surface area contributed by atoms with E-state index in [1.54, 1.807) is 36.0 Å². The molecule has 11 heteroatoms. The number of carboxylic acid groups (broad SMARTS) is 1. The highest BCUT2D eigenvalue weighted by Gasteiger charge is 2.09. The fraction of sp³-hybridized carbons (Fsp3) is 0.150. The maximum absolute atomic E-state index is 12.0. The van der Waals surface area contributed by atoms with Crippen LogP contribution in [0.5, 0.6) is 5.75 Å². The van der Waals surface area contributed by atoms with Gasteiger partial charge in [0.05, 0.1) is 12.0 Å². The van der Waals surface area contributed by atoms with Gasteiger partial charge in [0.1, 0.15) is 5.75 Å². The van der Waals surface area contributed by atoms with E-state index in [1.807, 2.05) is 18.2 Å². The lowest BCUT2D eigenvalue weighted by Crippen LogP contribution is -2.19. The van der Waals surface area contributed by atoms with E-state index in [1.165, 1.54) is 34.9 Å². The van der Waals surface area contributed by atoms with Crippen LogP contribution in [0.4, 0.5) is 0 Å². The molecule has 3 rings (SSSR count). The number of nitrogens with zero attached hydrogens (tertiary/aromatic N) is 3. The van der Waals surface area contributed by atoms with Crippen LogP contribution in [0, 0.1) is 0 Å². The summed E-state index contributed by atoms with van der Waals surface area (Å²) in [7, 11) is 0. The van der Waals surface area contributed by atoms with Gasteiger partial charge in [-0.2, -0.15) is 5.10 Å². The molecule has 0 spiro atoms. The first-order chi connectivity index (χ1) is 15.1.